The Bertz CT molecular complexity index is 862. The Morgan fingerprint density at radius 1 is 0.923 bits per heavy atom. The van der Waals surface area contributed by atoms with Crippen LogP contribution < -0.4 is 16.4 Å². The molecule has 0 spiro atoms. The number of nitrogens with one attached hydrogen (secondary N) is 2. The minimum atomic E-state index is -1.08. The maximum absolute atomic E-state index is 13.0. The highest BCUT2D eigenvalue weighted by molar-refractivity contribution is 5.91. The van der Waals surface area contributed by atoms with Gasteiger partial charge in [0.2, 0.25) is 5.91 Å². The van der Waals surface area contributed by atoms with Crippen LogP contribution in [-0.2, 0) is 19.1 Å². The fraction of sp³-hybridized carbons (Fsp3) is 0.690. The van der Waals surface area contributed by atoms with E-state index < -0.39 is 36.0 Å². The molecule has 0 saturated carbocycles. The van der Waals surface area contributed by atoms with Gasteiger partial charge in [0.05, 0.1) is 6.42 Å². The number of carboxylic acids is 1. The number of nitrogens with zero attached hydrogens (tertiary/aromatic N) is 1. The second kappa shape index (κ2) is 20.7. The highest BCUT2D eigenvalue weighted by Gasteiger charge is 2.26. The van der Waals surface area contributed by atoms with Crippen LogP contribution >= 0.6 is 0 Å². The van der Waals surface area contributed by atoms with E-state index in [-0.39, 0.29) is 25.7 Å². The molecule has 1 aromatic heterocycles. The third kappa shape index (κ3) is 17.9. The van der Waals surface area contributed by atoms with Crippen LogP contribution in [0.4, 0.5) is 10.6 Å². The molecule has 5 N–H and O–H groups in total. The molecule has 39 heavy (non-hydrogen) atoms. The highest BCUT2D eigenvalue weighted by atomic mass is 16.5. The Balaban J connectivity index is 2.55. The molecule has 0 saturated heterocycles. The number of rotatable bonds is 22. The predicted molar refractivity (Wildman–Crippen MR) is 151 cm³/mol. The first-order valence-electron chi connectivity index (χ1n) is 14.4. The molecular weight excluding hydrogens is 500 g/mol. The summed E-state index contributed by atoms with van der Waals surface area (Å²) in [5.41, 5.74) is 6.31. The molecule has 1 rings (SSSR count). The van der Waals surface area contributed by atoms with Gasteiger partial charge in [0, 0.05) is 12.6 Å². The van der Waals surface area contributed by atoms with Crippen molar-refractivity contribution in [1.29, 1.82) is 0 Å². The molecule has 10 nitrogen and oxygen atoms in total. The standard InChI is InChI=1S/C29H48N4O6/c1-3-4-5-6-7-8-9-10-11-12-13-15-23(20-25(30)34)39-28(37)24(16-14-17-27(35)36)32-29(38)33-26-19-18-22(2)21-31-26/h18-19,21,23-24H,3-17,20H2,1-2H3,(H2,30,34)(H,35,36)(H2,31,32,33,38)/t23-,24-/m0/s1. The number of aryl methyl sites for hydroxylation is 1. The maximum atomic E-state index is 13.0. The van der Waals surface area contributed by atoms with E-state index in [0.717, 1.165) is 31.2 Å². The molecular formula is C29H48N4O6. The monoisotopic (exact) mass is 548 g/mol. The second-order valence-electron chi connectivity index (χ2n) is 10.2. The largest absolute Gasteiger partial charge is 0.481 e. The first-order valence-corrected chi connectivity index (χ1v) is 14.4. The van der Waals surface area contributed by atoms with E-state index in [1.807, 2.05) is 6.92 Å². The normalized spacial score (nSPS) is 12.4. The molecule has 0 aromatic carbocycles. The number of carbonyl (C=O) groups excluding carboxylic acids is 3. The highest BCUT2D eigenvalue weighted by Crippen LogP contribution is 2.16. The van der Waals surface area contributed by atoms with Gasteiger partial charge in [0.25, 0.3) is 0 Å². The number of unbranched alkanes of at least 4 members (excludes halogenated alkanes) is 10. The van der Waals surface area contributed by atoms with Crippen molar-refractivity contribution in [1.82, 2.24) is 10.3 Å². The summed E-state index contributed by atoms with van der Waals surface area (Å²) in [5.74, 6) is -1.99. The first kappa shape index (κ1) is 33.9. The van der Waals surface area contributed by atoms with Crippen LogP contribution in [0.3, 0.4) is 0 Å². The first-order chi connectivity index (χ1) is 18.7. The molecule has 1 heterocycles. The molecule has 0 aliphatic rings. The number of carboxylic acid groups (broad SMARTS) is 1. The van der Waals surface area contributed by atoms with Crippen molar-refractivity contribution in [2.45, 2.75) is 129 Å². The Morgan fingerprint density at radius 2 is 1.54 bits per heavy atom. The quantitative estimate of drug-likeness (QED) is 0.108. The second-order valence-corrected chi connectivity index (χ2v) is 10.2. The van der Waals surface area contributed by atoms with Gasteiger partial charge in [-0.25, -0.2) is 14.6 Å². The lowest BCUT2D eigenvalue weighted by molar-refractivity contribution is -0.153. The lowest BCUT2D eigenvalue weighted by Gasteiger charge is -2.22. The van der Waals surface area contributed by atoms with Crippen molar-refractivity contribution in [3.05, 3.63) is 23.9 Å². The van der Waals surface area contributed by atoms with Crippen molar-refractivity contribution in [2.75, 3.05) is 5.32 Å². The number of hydrogen-bond donors (Lipinski definition) is 4. The van der Waals surface area contributed by atoms with Gasteiger partial charge in [-0.15, -0.1) is 0 Å². The predicted octanol–water partition coefficient (Wildman–Crippen LogP) is 5.62. The van der Waals surface area contributed by atoms with Crippen LogP contribution in [-0.4, -0.2) is 46.1 Å². The number of ether oxygens (including phenoxy) is 1. The number of pyridine rings is 1. The van der Waals surface area contributed by atoms with Gasteiger partial charge in [-0.05, 0) is 44.2 Å². The van der Waals surface area contributed by atoms with Crippen LogP contribution in [0.15, 0.2) is 18.3 Å². The number of nitrogens with two attached hydrogens (primary N) is 1. The molecule has 2 atom stereocenters. The smallest absolute Gasteiger partial charge is 0.328 e. The Morgan fingerprint density at radius 3 is 2.08 bits per heavy atom. The van der Waals surface area contributed by atoms with Gasteiger partial charge in [-0.3, -0.25) is 14.9 Å². The van der Waals surface area contributed by atoms with E-state index >= 15 is 0 Å². The van der Waals surface area contributed by atoms with Gasteiger partial charge < -0.3 is 20.9 Å². The summed E-state index contributed by atoms with van der Waals surface area (Å²) < 4.78 is 5.59. The fourth-order valence-corrected chi connectivity index (χ4v) is 4.27. The van der Waals surface area contributed by atoms with Crippen LogP contribution in [0.1, 0.15) is 115 Å². The number of carbonyl (C=O) groups is 4. The molecule has 0 radical (unpaired) electrons. The molecule has 1 aromatic rings. The molecule has 0 bridgehead atoms. The molecule has 220 valence electrons. The van der Waals surface area contributed by atoms with E-state index in [1.165, 1.54) is 44.9 Å². The summed E-state index contributed by atoms with van der Waals surface area (Å²) >= 11 is 0. The molecule has 0 unspecified atom stereocenters. The Hall–Kier alpha value is -3.17. The number of amides is 3. The number of esters is 1. The van der Waals surface area contributed by atoms with Gasteiger partial charge in [-0.2, -0.15) is 0 Å². The summed E-state index contributed by atoms with van der Waals surface area (Å²) in [6.07, 6.45) is 14.3. The van der Waals surface area contributed by atoms with E-state index in [1.54, 1.807) is 18.3 Å². The van der Waals surface area contributed by atoms with Crippen molar-refractivity contribution in [3.8, 4) is 0 Å². The third-order valence-electron chi connectivity index (χ3n) is 6.47. The van der Waals surface area contributed by atoms with Gasteiger partial charge in [0.1, 0.15) is 18.0 Å². The average Bonchev–Trinajstić information content (AvgIpc) is 2.87. The zero-order valence-corrected chi connectivity index (χ0v) is 23.7. The number of urea groups is 1. The zero-order valence-electron chi connectivity index (χ0n) is 23.7. The molecule has 3 amide bonds. The minimum Gasteiger partial charge on any atom is -0.481 e. The fourth-order valence-electron chi connectivity index (χ4n) is 4.27. The number of aromatic nitrogens is 1. The van der Waals surface area contributed by atoms with Crippen LogP contribution in [0.2, 0.25) is 0 Å². The van der Waals surface area contributed by atoms with Crippen LogP contribution in [0.5, 0.6) is 0 Å². The van der Waals surface area contributed by atoms with Crippen molar-refractivity contribution in [2.24, 2.45) is 5.73 Å². The third-order valence-corrected chi connectivity index (χ3v) is 6.47. The summed E-state index contributed by atoms with van der Waals surface area (Å²) in [5, 5.41) is 14.1. The van der Waals surface area contributed by atoms with E-state index in [9.17, 15) is 19.2 Å². The van der Waals surface area contributed by atoms with Gasteiger partial charge >= 0.3 is 18.0 Å². The van der Waals surface area contributed by atoms with Crippen molar-refractivity contribution >= 4 is 29.7 Å². The van der Waals surface area contributed by atoms with E-state index in [2.05, 4.69) is 22.5 Å². The van der Waals surface area contributed by atoms with Gasteiger partial charge in [-0.1, -0.05) is 77.2 Å². The molecule has 0 fully saturated rings. The summed E-state index contributed by atoms with van der Waals surface area (Å²) in [6, 6.07) is 1.66. The summed E-state index contributed by atoms with van der Waals surface area (Å²) in [7, 11) is 0. The lowest BCUT2D eigenvalue weighted by Crippen LogP contribution is -2.45. The lowest BCUT2D eigenvalue weighted by atomic mass is 10.0. The molecule has 10 heteroatoms. The number of primary amides is 1. The van der Waals surface area contributed by atoms with Gasteiger partial charge in [0.15, 0.2) is 0 Å². The number of hydrogen-bond acceptors (Lipinski definition) is 6. The SMILES string of the molecule is CCCCCCCCCCCCC[C@@H](CC(N)=O)OC(=O)[C@H](CCCC(=O)O)NC(=O)Nc1ccc(C)cn1. The molecule has 0 aliphatic heterocycles. The summed E-state index contributed by atoms with van der Waals surface area (Å²) in [4.78, 5) is 52.1. The van der Waals surface area contributed by atoms with E-state index in [4.69, 9.17) is 15.6 Å². The Labute approximate surface area is 232 Å². The maximum Gasteiger partial charge on any atom is 0.328 e. The van der Waals surface area contributed by atoms with Crippen LogP contribution in [0.25, 0.3) is 0 Å². The number of anilines is 1. The summed E-state index contributed by atoms with van der Waals surface area (Å²) in [6.45, 7) is 4.08. The number of aliphatic carboxylic acids is 1. The average molecular weight is 549 g/mol. The van der Waals surface area contributed by atoms with Crippen molar-refractivity contribution in [3.63, 3.8) is 0 Å². The topological polar surface area (TPSA) is 161 Å². The Kier molecular flexibility index (Phi) is 18.0. The molecule has 0 aliphatic carbocycles. The van der Waals surface area contributed by atoms with Crippen molar-refractivity contribution < 1.29 is 29.0 Å². The zero-order chi connectivity index (χ0) is 28.9. The van der Waals surface area contributed by atoms with E-state index in [0.29, 0.717) is 12.2 Å². The minimum absolute atomic E-state index is 0.0710. The van der Waals surface area contributed by atoms with Crippen LogP contribution in [0, 0.1) is 6.92 Å².